The summed E-state index contributed by atoms with van der Waals surface area (Å²) in [5, 5.41) is 0. The van der Waals surface area contributed by atoms with E-state index in [1.165, 1.54) is 22.7 Å². The minimum Gasteiger partial charge on any atom is -0.454 e. The van der Waals surface area contributed by atoms with Crippen molar-refractivity contribution in [2.45, 2.75) is 13.8 Å². The number of ketones is 2. The van der Waals surface area contributed by atoms with Crippen LogP contribution in [0.3, 0.4) is 0 Å². The van der Waals surface area contributed by atoms with Gasteiger partial charge in [0.05, 0.1) is 19.5 Å². The van der Waals surface area contributed by atoms with Crippen LogP contribution in [0.25, 0.3) is 21.3 Å². The third-order valence-electron chi connectivity index (χ3n) is 3.00. The lowest BCUT2D eigenvalue weighted by atomic mass is 10.3. The highest BCUT2D eigenvalue weighted by atomic mass is 32.1. The van der Waals surface area contributed by atoms with Gasteiger partial charge in [-0.25, -0.2) is 0 Å². The van der Waals surface area contributed by atoms with Gasteiger partial charge >= 0.3 is 0 Å². The van der Waals surface area contributed by atoms with E-state index in [1.807, 2.05) is 36.4 Å². The van der Waals surface area contributed by atoms with Gasteiger partial charge in [0.1, 0.15) is 11.5 Å². The number of furan rings is 1. The fraction of sp³-hybridized carbons (Fsp3) is 0.125. The van der Waals surface area contributed by atoms with Crippen molar-refractivity contribution in [2.75, 3.05) is 0 Å². The first-order valence-corrected chi connectivity index (χ1v) is 8.00. The summed E-state index contributed by atoms with van der Waals surface area (Å²) >= 11 is 2.84. The van der Waals surface area contributed by atoms with Crippen molar-refractivity contribution in [3.63, 3.8) is 0 Å². The molecule has 3 nitrogen and oxygen atoms in total. The summed E-state index contributed by atoms with van der Waals surface area (Å²) in [7, 11) is 0. The Labute approximate surface area is 129 Å². The maximum atomic E-state index is 11.3. The first kappa shape index (κ1) is 14.0. The van der Waals surface area contributed by atoms with E-state index < -0.39 is 0 Å². The molecule has 0 aliphatic heterocycles. The zero-order chi connectivity index (χ0) is 15.0. The number of carbonyl (C=O) groups is 2. The van der Waals surface area contributed by atoms with E-state index in [4.69, 9.17) is 4.42 Å². The fourth-order valence-electron chi connectivity index (χ4n) is 1.92. The van der Waals surface area contributed by atoms with Gasteiger partial charge in [0, 0.05) is 0 Å². The third-order valence-corrected chi connectivity index (χ3v) is 5.40. The van der Waals surface area contributed by atoms with Crippen LogP contribution >= 0.6 is 22.7 Å². The van der Waals surface area contributed by atoms with Gasteiger partial charge in [-0.05, 0) is 50.2 Å². The van der Waals surface area contributed by atoms with Crippen molar-refractivity contribution >= 4 is 34.2 Å². The molecular weight excluding hydrogens is 304 g/mol. The Balaban J connectivity index is 1.91. The van der Waals surface area contributed by atoms with Gasteiger partial charge in [0.15, 0.2) is 11.6 Å². The topological polar surface area (TPSA) is 47.3 Å². The Bertz CT molecular complexity index is 753. The monoisotopic (exact) mass is 316 g/mol. The minimum absolute atomic E-state index is 0.0578. The maximum absolute atomic E-state index is 11.3. The Morgan fingerprint density at radius 2 is 1.19 bits per heavy atom. The smallest absolute Gasteiger partial charge is 0.169 e. The van der Waals surface area contributed by atoms with Crippen molar-refractivity contribution < 1.29 is 14.0 Å². The SMILES string of the molecule is CC(=O)c1ccc(-c2ccc(-c3ccc(C(C)=O)s3)o2)s1. The second kappa shape index (κ2) is 5.42. The summed E-state index contributed by atoms with van der Waals surface area (Å²) in [6, 6.07) is 11.2. The predicted octanol–water partition coefficient (Wildman–Crippen LogP) is 5.14. The molecule has 3 aromatic heterocycles. The highest BCUT2D eigenvalue weighted by Crippen LogP contribution is 2.35. The lowest BCUT2D eigenvalue weighted by molar-refractivity contribution is 0.101. The quantitative estimate of drug-likeness (QED) is 0.626. The Morgan fingerprint density at radius 1 is 0.762 bits per heavy atom. The van der Waals surface area contributed by atoms with E-state index in [0.29, 0.717) is 0 Å². The van der Waals surface area contributed by atoms with E-state index in [0.717, 1.165) is 31.0 Å². The molecule has 0 fully saturated rings. The molecule has 0 amide bonds. The molecule has 0 saturated heterocycles. The molecule has 5 heteroatoms. The molecule has 106 valence electrons. The summed E-state index contributed by atoms with van der Waals surface area (Å²) in [5.41, 5.74) is 0. The van der Waals surface area contributed by atoms with Crippen molar-refractivity contribution in [3.8, 4) is 21.3 Å². The lowest BCUT2D eigenvalue weighted by Crippen LogP contribution is -1.83. The second-order valence-corrected chi connectivity index (χ2v) is 6.77. The first-order chi connectivity index (χ1) is 10.0. The first-order valence-electron chi connectivity index (χ1n) is 6.37. The molecule has 3 rings (SSSR count). The Kier molecular flexibility index (Phi) is 3.61. The highest BCUT2D eigenvalue weighted by molar-refractivity contribution is 7.17. The van der Waals surface area contributed by atoms with Crippen LogP contribution in [-0.4, -0.2) is 11.6 Å². The lowest BCUT2D eigenvalue weighted by Gasteiger charge is -1.92. The van der Waals surface area contributed by atoms with Crippen LogP contribution in [0.15, 0.2) is 40.8 Å². The molecule has 3 heterocycles. The molecular formula is C16H12O3S2. The number of rotatable bonds is 4. The van der Waals surface area contributed by atoms with Gasteiger partial charge in [-0.1, -0.05) is 0 Å². The third kappa shape index (κ3) is 2.75. The van der Waals surface area contributed by atoms with Crippen molar-refractivity contribution in [2.24, 2.45) is 0 Å². The largest absolute Gasteiger partial charge is 0.454 e. The highest BCUT2D eigenvalue weighted by Gasteiger charge is 2.13. The van der Waals surface area contributed by atoms with Crippen LogP contribution in [-0.2, 0) is 0 Å². The number of thiophene rings is 2. The zero-order valence-corrected chi connectivity index (χ0v) is 13.1. The van der Waals surface area contributed by atoms with Crippen LogP contribution in [0, 0.1) is 0 Å². The van der Waals surface area contributed by atoms with Crippen LogP contribution < -0.4 is 0 Å². The molecule has 21 heavy (non-hydrogen) atoms. The van der Waals surface area contributed by atoms with Gasteiger partial charge in [-0.15, -0.1) is 22.7 Å². The number of hydrogen-bond donors (Lipinski definition) is 0. The molecule has 0 aliphatic rings. The molecule has 0 aliphatic carbocycles. The van der Waals surface area contributed by atoms with Crippen molar-refractivity contribution in [1.82, 2.24) is 0 Å². The average molecular weight is 316 g/mol. The maximum Gasteiger partial charge on any atom is 0.169 e. The van der Waals surface area contributed by atoms with Crippen LogP contribution in [0.5, 0.6) is 0 Å². The molecule has 0 atom stereocenters. The van der Waals surface area contributed by atoms with E-state index in [-0.39, 0.29) is 11.6 Å². The second-order valence-electron chi connectivity index (χ2n) is 4.60. The molecule has 0 saturated carbocycles. The molecule has 0 unspecified atom stereocenters. The summed E-state index contributed by atoms with van der Waals surface area (Å²) in [5.74, 6) is 1.59. The van der Waals surface area contributed by atoms with Crippen LogP contribution in [0.1, 0.15) is 33.2 Å². The summed E-state index contributed by atoms with van der Waals surface area (Å²) in [6.07, 6.45) is 0. The van der Waals surface area contributed by atoms with E-state index >= 15 is 0 Å². The standard InChI is InChI=1S/C16H12O3S2/c1-9(17)13-5-7-15(20-13)11-3-4-12(19-11)16-8-6-14(21-16)10(2)18/h3-8H,1-2H3. The van der Waals surface area contributed by atoms with Gasteiger partial charge in [0.2, 0.25) is 0 Å². The Hall–Kier alpha value is -1.98. The number of carbonyl (C=O) groups excluding carboxylic acids is 2. The van der Waals surface area contributed by atoms with Gasteiger partial charge in [-0.2, -0.15) is 0 Å². The Morgan fingerprint density at radius 3 is 1.52 bits per heavy atom. The van der Waals surface area contributed by atoms with Crippen molar-refractivity contribution in [1.29, 1.82) is 0 Å². The van der Waals surface area contributed by atoms with E-state index in [1.54, 1.807) is 13.8 Å². The van der Waals surface area contributed by atoms with E-state index in [9.17, 15) is 9.59 Å². The van der Waals surface area contributed by atoms with Gasteiger partial charge in [-0.3, -0.25) is 9.59 Å². The summed E-state index contributed by atoms with van der Waals surface area (Å²) in [6.45, 7) is 3.11. The average Bonchev–Trinajstić information content (AvgIpc) is 3.18. The fourth-order valence-corrected chi connectivity index (χ4v) is 3.65. The molecule has 0 N–H and O–H groups in total. The normalized spacial score (nSPS) is 10.8. The van der Waals surface area contributed by atoms with Crippen LogP contribution in [0.4, 0.5) is 0 Å². The minimum atomic E-state index is 0.0578. The number of Topliss-reactive ketones (excluding diaryl/α,β-unsaturated/α-hetero) is 2. The number of hydrogen-bond acceptors (Lipinski definition) is 5. The van der Waals surface area contributed by atoms with E-state index in [2.05, 4.69) is 0 Å². The predicted molar refractivity (Wildman–Crippen MR) is 85.3 cm³/mol. The van der Waals surface area contributed by atoms with Gasteiger partial charge < -0.3 is 4.42 Å². The molecule has 0 aromatic carbocycles. The zero-order valence-electron chi connectivity index (χ0n) is 11.5. The van der Waals surface area contributed by atoms with Crippen molar-refractivity contribution in [3.05, 3.63) is 46.2 Å². The van der Waals surface area contributed by atoms with Gasteiger partial charge in [0.25, 0.3) is 0 Å². The molecule has 3 aromatic rings. The summed E-state index contributed by atoms with van der Waals surface area (Å²) < 4.78 is 5.84. The summed E-state index contributed by atoms with van der Waals surface area (Å²) in [4.78, 5) is 26.0. The molecule has 0 radical (unpaired) electrons. The molecule has 0 bridgehead atoms. The van der Waals surface area contributed by atoms with Crippen LogP contribution in [0.2, 0.25) is 0 Å². The molecule has 0 spiro atoms.